The first-order valence-electron chi connectivity index (χ1n) is 4.66. The van der Waals surface area contributed by atoms with Crippen molar-refractivity contribution in [2.24, 2.45) is 22.0 Å². The van der Waals surface area contributed by atoms with E-state index in [0.717, 1.165) is 0 Å². The van der Waals surface area contributed by atoms with Crippen molar-refractivity contribution in [3.8, 4) is 0 Å². The van der Waals surface area contributed by atoms with E-state index in [1.807, 2.05) is 0 Å². The summed E-state index contributed by atoms with van der Waals surface area (Å²) in [6.45, 7) is 5.87. The van der Waals surface area contributed by atoms with Crippen molar-refractivity contribution in [2.45, 2.75) is 33.2 Å². The molecule has 7 heteroatoms. The fourth-order valence-corrected chi connectivity index (χ4v) is 0.743. The van der Waals surface area contributed by atoms with E-state index in [2.05, 4.69) is 10.5 Å². The highest BCUT2D eigenvalue weighted by Gasteiger charge is 2.37. The van der Waals surface area contributed by atoms with E-state index in [1.54, 1.807) is 0 Å². The molecule has 0 atom stereocenters. The lowest BCUT2D eigenvalue weighted by atomic mass is 9.89. The molecule has 0 heterocycles. The van der Waals surface area contributed by atoms with Gasteiger partial charge in [0.05, 0.1) is 0 Å². The van der Waals surface area contributed by atoms with Gasteiger partial charge in [-0.15, -0.1) is 0 Å². The molecule has 0 unspecified atom stereocenters. The summed E-state index contributed by atoms with van der Waals surface area (Å²) in [4.78, 5) is 22.8. The van der Waals surface area contributed by atoms with Crippen LogP contribution in [-0.2, 0) is 9.59 Å². The number of primary amides is 1. The molecule has 0 aliphatic carbocycles. The lowest BCUT2D eigenvalue weighted by Crippen LogP contribution is -2.58. The zero-order valence-electron chi connectivity index (χ0n) is 9.87. The van der Waals surface area contributed by atoms with Crippen LogP contribution in [0.1, 0.15) is 27.7 Å². The van der Waals surface area contributed by atoms with Crippen LogP contribution in [0.15, 0.2) is 5.16 Å². The van der Waals surface area contributed by atoms with Gasteiger partial charge in [0.15, 0.2) is 5.84 Å². The van der Waals surface area contributed by atoms with Crippen molar-refractivity contribution in [2.75, 3.05) is 0 Å². The molecule has 92 valence electrons. The standard InChI is InChI=1S/C9H18N4O3/c1-8(2,5(10)13-16)7(15)12-9(3,4)6(11)14/h16H,1-4H3,(H2,10,13)(H2,11,14)(H,12,15). The highest BCUT2D eigenvalue weighted by atomic mass is 16.4. The van der Waals surface area contributed by atoms with Crippen molar-refractivity contribution in [3.63, 3.8) is 0 Å². The number of hydrogen-bond acceptors (Lipinski definition) is 4. The van der Waals surface area contributed by atoms with E-state index in [-0.39, 0.29) is 5.84 Å². The van der Waals surface area contributed by atoms with Crippen molar-refractivity contribution < 1.29 is 14.8 Å². The molecular weight excluding hydrogens is 212 g/mol. The molecule has 6 N–H and O–H groups in total. The molecular formula is C9H18N4O3. The number of hydrogen-bond donors (Lipinski definition) is 4. The van der Waals surface area contributed by atoms with Crippen LogP contribution in [0.3, 0.4) is 0 Å². The number of oxime groups is 1. The van der Waals surface area contributed by atoms with Gasteiger partial charge in [0.1, 0.15) is 11.0 Å². The summed E-state index contributed by atoms with van der Waals surface area (Å²) in [5.74, 6) is -1.46. The molecule has 0 radical (unpaired) electrons. The summed E-state index contributed by atoms with van der Waals surface area (Å²) in [7, 11) is 0. The Morgan fingerprint density at radius 3 is 1.94 bits per heavy atom. The van der Waals surface area contributed by atoms with E-state index in [0.29, 0.717) is 0 Å². The zero-order chi connectivity index (χ0) is 13.1. The van der Waals surface area contributed by atoms with Gasteiger partial charge in [0.2, 0.25) is 11.8 Å². The summed E-state index contributed by atoms with van der Waals surface area (Å²) in [5.41, 5.74) is 8.06. The highest BCUT2D eigenvalue weighted by molar-refractivity contribution is 6.07. The lowest BCUT2D eigenvalue weighted by molar-refractivity contribution is -0.133. The van der Waals surface area contributed by atoms with Crippen LogP contribution < -0.4 is 16.8 Å². The van der Waals surface area contributed by atoms with Gasteiger partial charge < -0.3 is 22.0 Å². The second-order valence-electron chi connectivity index (χ2n) is 4.55. The van der Waals surface area contributed by atoms with Crippen LogP contribution in [0.4, 0.5) is 0 Å². The summed E-state index contributed by atoms with van der Waals surface area (Å²) in [6, 6.07) is 0. The van der Waals surface area contributed by atoms with Gasteiger partial charge in [0, 0.05) is 0 Å². The predicted molar refractivity (Wildman–Crippen MR) is 58.6 cm³/mol. The number of carbonyl (C=O) groups excluding carboxylic acids is 2. The molecule has 0 aromatic carbocycles. The average molecular weight is 230 g/mol. The number of rotatable bonds is 4. The van der Waals surface area contributed by atoms with E-state index < -0.39 is 22.8 Å². The van der Waals surface area contributed by atoms with Gasteiger partial charge >= 0.3 is 0 Å². The van der Waals surface area contributed by atoms with Crippen LogP contribution in [0, 0.1) is 5.41 Å². The first-order valence-corrected chi connectivity index (χ1v) is 4.66. The van der Waals surface area contributed by atoms with Crippen molar-refractivity contribution >= 4 is 17.6 Å². The van der Waals surface area contributed by atoms with E-state index in [1.165, 1.54) is 27.7 Å². The minimum absolute atomic E-state index is 0.245. The second kappa shape index (κ2) is 4.38. The van der Waals surface area contributed by atoms with E-state index in [9.17, 15) is 9.59 Å². The van der Waals surface area contributed by atoms with Crippen LogP contribution in [0.2, 0.25) is 0 Å². The Hall–Kier alpha value is -1.79. The maximum Gasteiger partial charge on any atom is 0.242 e. The van der Waals surface area contributed by atoms with Crippen molar-refractivity contribution in [1.82, 2.24) is 5.32 Å². The maximum atomic E-state index is 11.8. The molecule has 2 amide bonds. The highest BCUT2D eigenvalue weighted by Crippen LogP contribution is 2.17. The number of nitrogens with two attached hydrogens (primary N) is 2. The topological polar surface area (TPSA) is 131 Å². The summed E-state index contributed by atoms with van der Waals surface area (Å²) < 4.78 is 0. The first-order chi connectivity index (χ1) is 7.05. The minimum Gasteiger partial charge on any atom is -0.409 e. The van der Waals surface area contributed by atoms with Gasteiger partial charge in [-0.2, -0.15) is 0 Å². The van der Waals surface area contributed by atoms with Gasteiger partial charge in [-0.05, 0) is 27.7 Å². The SMILES string of the molecule is CC(C)(NC(=O)C(C)(C)C(N)=NO)C(N)=O. The van der Waals surface area contributed by atoms with Crippen molar-refractivity contribution in [1.29, 1.82) is 0 Å². The molecule has 0 saturated heterocycles. The van der Waals surface area contributed by atoms with Crippen LogP contribution in [-0.4, -0.2) is 28.4 Å². The largest absolute Gasteiger partial charge is 0.409 e. The van der Waals surface area contributed by atoms with Gasteiger partial charge in [-0.3, -0.25) is 9.59 Å². The summed E-state index contributed by atoms with van der Waals surface area (Å²) >= 11 is 0. The third kappa shape index (κ3) is 2.85. The van der Waals surface area contributed by atoms with Gasteiger partial charge in [-0.1, -0.05) is 5.16 Å². The zero-order valence-corrected chi connectivity index (χ0v) is 9.87. The number of amidine groups is 1. The second-order valence-corrected chi connectivity index (χ2v) is 4.55. The quantitative estimate of drug-likeness (QED) is 0.216. The van der Waals surface area contributed by atoms with Crippen LogP contribution in [0.5, 0.6) is 0 Å². The molecule has 0 rings (SSSR count). The van der Waals surface area contributed by atoms with Gasteiger partial charge in [0.25, 0.3) is 0 Å². The molecule has 0 aromatic rings. The number of nitrogens with zero attached hydrogens (tertiary/aromatic N) is 1. The molecule has 0 aromatic heterocycles. The molecule has 0 aliphatic heterocycles. The van der Waals surface area contributed by atoms with Gasteiger partial charge in [-0.25, -0.2) is 0 Å². The summed E-state index contributed by atoms with van der Waals surface area (Å²) in [5, 5.41) is 13.7. The Kier molecular flexibility index (Phi) is 3.89. The third-order valence-electron chi connectivity index (χ3n) is 2.36. The molecule has 0 aliphatic rings. The number of amides is 2. The first kappa shape index (κ1) is 14.2. The normalized spacial score (nSPS) is 13.4. The van der Waals surface area contributed by atoms with E-state index in [4.69, 9.17) is 16.7 Å². The monoisotopic (exact) mass is 230 g/mol. The predicted octanol–water partition coefficient (Wildman–Crippen LogP) is -0.861. The van der Waals surface area contributed by atoms with Crippen LogP contribution in [0.25, 0.3) is 0 Å². The summed E-state index contributed by atoms with van der Waals surface area (Å²) in [6.07, 6.45) is 0. The maximum absolute atomic E-state index is 11.8. The lowest BCUT2D eigenvalue weighted by Gasteiger charge is -2.28. The molecule has 0 saturated carbocycles. The molecule has 0 spiro atoms. The molecule has 16 heavy (non-hydrogen) atoms. The molecule has 7 nitrogen and oxygen atoms in total. The van der Waals surface area contributed by atoms with Crippen LogP contribution >= 0.6 is 0 Å². The van der Waals surface area contributed by atoms with Crippen molar-refractivity contribution in [3.05, 3.63) is 0 Å². The number of carbonyl (C=O) groups is 2. The average Bonchev–Trinajstić information content (AvgIpc) is 2.15. The Bertz CT molecular complexity index is 334. The Balaban J connectivity index is 4.92. The Morgan fingerprint density at radius 2 is 1.62 bits per heavy atom. The third-order valence-corrected chi connectivity index (χ3v) is 2.36. The number of nitrogens with one attached hydrogen (secondary N) is 1. The molecule has 0 bridgehead atoms. The molecule has 0 fully saturated rings. The Morgan fingerprint density at radius 1 is 1.19 bits per heavy atom. The minimum atomic E-state index is -1.22. The fraction of sp³-hybridized carbons (Fsp3) is 0.667. The fourth-order valence-electron chi connectivity index (χ4n) is 0.743. The smallest absolute Gasteiger partial charge is 0.242 e. The Labute approximate surface area is 93.9 Å². The van der Waals surface area contributed by atoms with E-state index >= 15 is 0 Å².